The number of nitrogens with one attached hydrogen (secondary N) is 1. The first-order valence-corrected chi connectivity index (χ1v) is 12.3. The number of fused-ring (bicyclic) bond motifs is 1. The summed E-state index contributed by atoms with van der Waals surface area (Å²) in [6.07, 6.45) is 1.83. The Balaban J connectivity index is 1.96. The third kappa shape index (κ3) is 3.42. The molecule has 1 saturated heterocycles. The minimum Gasteiger partial charge on any atom is -0.354 e. The van der Waals surface area contributed by atoms with Crippen LogP contribution >= 0.6 is 27.7 Å². The molecule has 0 radical (unpaired) electrons. The number of aryl methyl sites for hydroxylation is 1. The summed E-state index contributed by atoms with van der Waals surface area (Å²) < 4.78 is 29.4. The molecule has 0 amide bonds. The van der Waals surface area contributed by atoms with E-state index < -0.39 is 9.84 Å². The van der Waals surface area contributed by atoms with Crippen LogP contribution in [0.25, 0.3) is 5.65 Å². The number of rotatable bonds is 4. The number of aromatic nitrogens is 3. The van der Waals surface area contributed by atoms with Crippen molar-refractivity contribution in [3.05, 3.63) is 40.5 Å². The number of piperazine rings is 1. The number of thioether (sulfide) groups is 1. The van der Waals surface area contributed by atoms with Gasteiger partial charge < -0.3 is 10.2 Å². The molecule has 0 unspecified atom stereocenters. The van der Waals surface area contributed by atoms with Gasteiger partial charge in [-0.3, -0.25) is 0 Å². The Kier molecular flexibility index (Phi) is 5.38. The fourth-order valence-electron chi connectivity index (χ4n) is 3.30. The average Bonchev–Trinajstić information content (AvgIpc) is 3.07. The van der Waals surface area contributed by atoms with Crippen LogP contribution in [0, 0.1) is 6.92 Å². The molecule has 28 heavy (non-hydrogen) atoms. The first kappa shape index (κ1) is 19.7. The van der Waals surface area contributed by atoms with Gasteiger partial charge in [0.2, 0.25) is 9.84 Å². The molecule has 10 heteroatoms. The van der Waals surface area contributed by atoms with E-state index in [-0.39, 0.29) is 9.79 Å². The second kappa shape index (κ2) is 7.66. The van der Waals surface area contributed by atoms with E-state index in [9.17, 15) is 8.42 Å². The summed E-state index contributed by atoms with van der Waals surface area (Å²) >= 11 is 4.67. The molecule has 3 heterocycles. The van der Waals surface area contributed by atoms with E-state index in [1.54, 1.807) is 28.8 Å². The van der Waals surface area contributed by atoms with Crippen molar-refractivity contribution in [3.8, 4) is 0 Å². The van der Waals surface area contributed by atoms with Gasteiger partial charge in [-0.05, 0) is 37.4 Å². The lowest BCUT2D eigenvalue weighted by atomic mass is 10.3. The summed E-state index contributed by atoms with van der Waals surface area (Å²) in [7, 11) is -3.76. The normalized spacial score (nSPS) is 15.3. The molecule has 1 aliphatic rings. The van der Waals surface area contributed by atoms with Crippen LogP contribution in [0.15, 0.2) is 49.6 Å². The summed E-state index contributed by atoms with van der Waals surface area (Å²) in [4.78, 5) is 7.18. The Morgan fingerprint density at radius 1 is 1.18 bits per heavy atom. The van der Waals surface area contributed by atoms with Crippen molar-refractivity contribution in [1.29, 1.82) is 0 Å². The zero-order valence-electron chi connectivity index (χ0n) is 15.5. The summed E-state index contributed by atoms with van der Waals surface area (Å²) in [5, 5.41) is 8.41. The van der Waals surface area contributed by atoms with Crippen molar-refractivity contribution >= 4 is 49.0 Å². The number of hydrogen-bond donors (Lipinski definition) is 1. The van der Waals surface area contributed by atoms with E-state index in [0.29, 0.717) is 10.7 Å². The topological polar surface area (TPSA) is 79.6 Å². The summed E-state index contributed by atoms with van der Waals surface area (Å²) in [6, 6.07) is 8.61. The Morgan fingerprint density at radius 3 is 2.50 bits per heavy atom. The minimum atomic E-state index is -3.76. The lowest BCUT2D eigenvalue weighted by Crippen LogP contribution is -2.44. The van der Waals surface area contributed by atoms with Crippen molar-refractivity contribution in [3.63, 3.8) is 0 Å². The monoisotopic (exact) mass is 481 g/mol. The molecule has 0 aliphatic carbocycles. The number of anilines is 1. The van der Waals surface area contributed by atoms with Gasteiger partial charge in [0.05, 0.1) is 4.90 Å². The Hall–Kier alpha value is -1.62. The van der Waals surface area contributed by atoms with Crippen LogP contribution < -0.4 is 10.2 Å². The summed E-state index contributed by atoms with van der Waals surface area (Å²) in [5.74, 6) is 0.872. The maximum absolute atomic E-state index is 13.5. The highest BCUT2D eigenvalue weighted by Crippen LogP contribution is 2.34. The maximum Gasteiger partial charge on any atom is 0.213 e. The highest BCUT2D eigenvalue weighted by Gasteiger charge is 2.30. The smallest absolute Gasteiger partial charge is 0.213 e. The van der Waals surface area contributed by atoms with E-state index in [1.165, 1.54) is 11.8 Å². The Bertz CT molecular complexity index is 1120. The first-order chi connectivity index (χ1) is 13.4. The van der Waals surface area contributed by atoms with Gasteiger partial charge in [-0.2, -0.15) is 9.61 Å². The Morgan fingerprint density at radius 2 is 1.86 bits per heavy atom. The first-order valence-electron chi connectivity index (χ1n) is 8.82. The van der Waals surface area contributed by atoms with Crippen molar-refractivity contribution in [2.24, 2.45) is 0 Å². The maximum atomic E-state index is 13.5. The van der Waals surface area contributed by atoms with Gasteiger partial charge in [0.1, 0.15) is 10.8 Å². The number of nitrogens with zero attached hydrogens (tertiary/aromatic N) is 4. The molecule has 3 aromatic rings. The zero-order valence-corrected chi connectivity index (χ0v) is 18.7. The Labute approximate surface area is 176 Å². The van der Waals surface area contributed by atoms with Gasteiger partial charge in [0.25, 0.3) is 0 Å². The SMILES string of the molecule is CSc1nn2c(N3CCNCC3)cc(C)nc2c1S(=O)(=O)c1ccc(Br)cc1. The van der Waals surface area contributed by atoms with Crippen LogP contribution in [-0.2, 0) is 9.84 Å². The van der Waals surface area contributed by atoms with E-state index >= 15 is 0 Å². The fourth-order valence-corrected chi connectivity index (χ4v) is 5.96. The predicted molar refractivity (Wildman–Crippen MR) is 114 cm³/mol. The molecule has 1 aliphatic heterocycles. The zero-order chi connectivity index (χ0) is 19.9. The van der Waals surface area contributed by atoms with Crippen molar-refractivity contribution in [2.75, 3.05) is 37.3 Å². The van der Waals surface area contributed by atoms with Crippen LogP contribution in [0.2, 0.25) is 0 Å². The molecule has 1 fully saturated rings. The molecule has 0 spiro atoms. The summed E-state index contributed by atoms with van der Waals surface area (Å²) in [5.41, 5.74) is 1.14. The van der Waals surface area contributed by atoms with E-state index in [1.807, 2.05) is 19.2 Å². The molecule has 148 valence electrons. The van der Waals surface area contributed by atoms with E-state index in [0.717, 1.165) is 42.2 Å². The molecule has 1 N–H and O–H groups in total. The quantitative estimate of drug-likeness (QED) is 0.573. The molecular weight excluding hydrogens is 462 g/mol. The number of benzene rings is 1. The fraction of sp³-hybridized carbons (Fsp3) is 0.333. The average molecular weight is 482 g/mol. The van der Waals surface area contributed by atoms with Crippen molar-refractivity contribution in [2.45, 2.75) is 21.7 Å². The lowest BCUT2D eigenvalue weighted by molar-refractivity contribution is 0.579. The minimum absolute atomic E-state index is 0.169. The molecule has 0 atom stereocenters. The highest BCUT2D eigenvalue weighted by atomic mass is 79.9. The second-order valence-corrected chi connectivity index (χ2v) is 10.1. The van der Waals surface area contributed by atoms with Crippen molar-refractivity contribution in [1.82, 2.24) is 19.9 Å². The van der Waals surface area contributed by atoms with Gasteiger partial charge in [0.15, 0.2) is 10.5 Å². The standard InChI is InChI=1S/C18H20BrN5O2S2/c1-12-11-15(23-9-7-20-8-10-23)24-17(21-12)16(18(22-24)27-2)28(25,26)14-5-3-13(19)4-6-14/h3-6,11,20H,7-10H2,1-2H3. The molecule has 2 aromatic heterocycles. The third-order valence-electron chi connectivity index (χ3n) is 4.65. The van der Waals surface area contributed by atoms with Gasteiger partial charge >= 0.3 is 0 Å². The number of halogens is 1. The van der Waals surface area contributed by atoms with Crippen LogP contribution in [0.5, 0.6) is 0 Å². The van der Waals surface area contributed by atoms with Gasteiger partial charge in [-0.1, -0.05) is 15.9 Å². The van der Waals surface area contributed by atoms with Crippen LogP contribution in [0.4, 0.5) is 5.82 Å². The van der Waals surface area contributed by atoms with Gasteiger partial charge in [-0.25, -0.2) is 13.4 Å². The molecule has 4 rings (SSSR count). The molecule has 0 saturated carbocycles. The lowest BCUT2D eigenvalue weighted by Gasteiger charge is -2.29. The number of hydrogen-bond acceptors (Lipinski definition) is 7. The van der Waals surface area contributed by atoms with Gasteiger partial charge in [0, 0.05) is 42.4 Å². The van der Waals surface area contributed by atoms with Crippen LogP contribution in [-0.4, -0.2) is 55.5 Å². The van der Waals surface area contributed by atoms with Crippen LogP contribution in [0.1, 0.15) is 5.69 Å². The largest absolute Gasteiger partial charge is 0.354 e. The molecule has 0 bridgehead atoms. The van der Waals surface area contributed by atoms with Crippen molar-refractivity contribution < 1.29 is 8.42 Å². The van der Waals surface area contributed by atoms with E-state index in [4.69, 9.17) is 0 Å². The molecular formula is C18H20BrN5O2S2. The predicted octanol–water partition coefficient (Wildman–Crippen LogP) is 2.76. The molecule has 1 aromatic carbocycles. The highest BCUT2D eigenvalue weighted by molar-refractivity contribution is 9.10. The van der Waals surface area contributed by atoms with E-state index in [2.05, 4.69) is 36.2 Å². The molecule has 7 nitrogen and oxygen atoms in total. The van der Waals surface area contributed by atoms with Crippen LogP contribution in [0.3, 0.4) is 0 Å². The second-order valence-electron chi connectivity index (χ2n) is 6.52. The third-order valence-corrected chi connectivity index (χ3v) is 7.79. The summed E-state index contributed by atoms with van der Waals surface area (Å²) in [6.45, 7) is 5.31. The van der Waals surface area contributed by atoms with Gasteiger partial charge in [-0.15, -0.1) is 11.8 Å². The number of sulfone groups is 1.